The molecule has 1 amide bonds. The zero-order valence-corrected chi connectivity index (χ0v) is 6.47. The first-order valence-electron chi connectivity index (χ1n) is 3.56. The molecule has 0 saturated carbocycles. The van der Waals surface area contributed by atoms with Gasteiger partial charge in [-0.2, -0.15) is 0 Å². The molecule has 1 fully saturated rings. The molecular formula is C7H13BNO. The second kappa shape index (κ2) is 4.37. The van der Waals surface area contributed by atoms with Crippen LogP contribution in [0.1, 0.15) is 26.2 Å². The Bertz CT molecular complexity index is 110. The number of amides is 1. The molecule has 0 aromatic rings. The smallest absolute Gasteiger partial charge is 0.219 e. The first-order chi connectivity index (χ1) is 4.30. The van der Waals surface area contributed by atoms with E-state index in [9.17, 15) is 4.79 Å². The van der Waals surface area contributed by atoms with Crippen molar-refractivity contribution in [1.82, 2.24) is 4.90 Å². The highest BCUT2D eigenvalue weighted by atomic mass is 16.2. The number of piperidine rings is 1. The van der Waals surface area contributed by atoms with Crippen LogP contribution in [-0.2, 0) is 4.79 Å². The monoisotopic (exact) mass is 138 g/mol. The Hall–Kier alpha value is -0.465. The van der Waals surface area contributed by atoms with Crippen molar-refractivity contribution in [3.63, 3.8) is 0 Å². The molecule has 1 rings (SSSR count). The molecule has 0 aromatic carbocycles. The largest absolute Gasteiger partial charge is 0.343 e. The Kier molecular flexibility index (Phi) is 4.16. The average molecular weight is 138 g/mol. The van der Waals surface area contributed by atoms with Crippen molar-refractivity contribution >= 4 is 14.3 Å². The van der Waals surface area contributed by atoms with Crippen LogP contribution in [0.2, 0.25) is 0 Å². The van der Waals surface area contributed by atoms with Gasteiger partial charge in [0.15, 0.2) is 0 Å². The van der Waals surface area contributed by atoms with Crippen LogP contribution in [0.5, 0.6) is 0 Å². The number of hydrogen-bond acceptors (Lipinski definition) is 1. The van der Waals surface area contributed by atoms with Crippen molar-refractivity contribution in [2.24, 2.45) is 0 Å². The summed E-state index contributed by atoms with van der Waals surface area (Å²) in [5.74, 6) is 0.231. The average Bonchev–Trinajstić information content (AvgIpc) is 1.90. The van der Waals surface area contributed by atoms with Crippen molar-refractivity contribution < 1.29 is 4.79 Å². The molecule has 1 heterocycles. The molecule has 2 nitrogen and oxygen atoms in total. The Labute approximate surface area is 64.2 Å². The number of carbonyl (C=O) groups is 1. The van der Waals surface area contributed by atoms with Crippen LogP contribution in [-0.4, -0.2) is 32.3 Å². The van der Waals surface area contributed by atoms with E-state index in [1.54, 1.807) is 6.92 Å². The third kappa shape index (κ3) is 2.42. The molecule has 0 spiro atoms. The van der Waals surface area contributed by atoms with Gasteiger partial charge in [0.25, 0.3) is 0 Å². The van der Waals surface area contributed by atoms with Crippen molar-refractivity contribution in [3.8, 4) is 0 Å². The van der Waals surface area contributed by atoms with E-state index in [1.807, 2.05) is 4.90 Å². The van der Waals surface area contributed by atoms with Crippen LogP contribution in [0.15, 0.2) is 0 Å². The summed E-state index contributed by atoms with van der Waals surface area (Å²) in [5, 5.41) is 0. The van der Waals surface area contributed by atoms with Crippen molar-refractivity contribution in [3.05, 3.63) is 0 Å². The summed E-state index contributed by atoms with van der Waals surface area (Å²) < 4.78 is 0. The lowest BCUT2D eigenvalue weighted by atomic mass is 10.1. The number of hydrogen-bond donors (Lipinski definition) is 0. The predicted molar refractivity (Wildman–Crippen MR) is 41.9 cm³/mol. The van der Waals surface area contributed by atoms with Gasteiger partial charge in [0.05, 0.1) is 0 Å². The van der Waals surface area contributed by atoms with Crippen LogP contribution in [0, 0.1) is 0 Å². The van der Waals surface area contributed by atoms with Gasteiger partial charge in [0, 0.05) is 28.4 Å². The Morgan fingerprint density at radius 1 is 1.20 bits per heavy atom. The molecular weight excluding hydrogens is 125 g/mol. The zero-order valence-electron chi connectivity index (χ0n) is 6.47. The van der Waals surface area contributed by atoms with Gasteiger partial charge in [-0.15, -0.1) is 0 Å². The van der Waals surface area contributed by atoms with E-state index < -0.39 is 0 Å². The second-order valence-electron chi connectivity index (χ2n) is 2.57. The maximum absolute atomic E-state index is 10.7. The number of likely N-dealkylation sites (tertiary alicyclic amines) is 1. The molecule has 1 aliphatic heterocycles. The Morgan fingerprint density at radius 2 is 1.70 bits per heavy atom. The fourth-order valence-corrected chi connectivity index (χ4v) is 1.21. The van der Waals surface area contributed by atoms with Gasteiger partial charge in [0.2, 0.25) is 5.91 Å². The summed E-state index contributed by atoms with van der Waals surface area (Å²) in [6.07, 6.45) is 3.68. The SMILES string of the molecule is CC(=O)N1CCCCC1.[B]. The molecule has 55 valence electrons. The van der Waals surface area contributed by atoms with Gasteiger partial charge >= 0.3 is 0 Å². The van der Waals surface area contributed by atoms with Gasteiger partial charge in [-0.3, -0.25) is 4.79 Å². The summed E-state index contributed by atoms with van der Waals surface area (Å²) >= 11 is 0. The lowest BCUT2D eigenvalue weighted by Gasteiger charge is -2.24. The molecule has 0 atom stereocenters. The van der Waals surface area contributed by atoms with Crippen LogP contribution < -0.4 is 0 Å². The maximum Gasteiger partial charge on any atom is 0.219 e. The van der Waals surface area contributed by atoms with Crippen molar-refractivity contribution in [2.75, 3.05) is 13.1 Å². The Balaban J connectivity index is 0.000000810. The van der Waals surface area contributed by atoms with E-state index in [0.717, 1.165) is 13.1 Å². The first kappa shape index (κ1) is 9.53. The molecule has 1 saturated heterocycles. The molecule has 0 unspecified atom stereocenters. The van der Waals surface area contributed by atoms with E-state index in [4.69, 9.17) is 0 Å². The molecule has 0 aliphatic carbocycles. The molecule has 0 aromatic heterocycles. The summed E-state index contributed by atoms with van der Waals surface area (Å²) in [4.78, 5) is 12.6. The third-order valence-corrected chi connectivity index (χ3v) is 1.80. The maximum atomic E-state index is 10.7. The second-order valence-corrected chi connectivity index (χ2v) is 2.57. The lowest BCUT2D eigenvalue weighted by Crippen LogP contribution is -2.33. The fraction of sp³-hybridized carbons (Fsp3) is 0.857. The molecule has 10 heavy (non-hydrogen) atoms. The normalized spacial score (nSPS) is 17.9. The Morgan fingerprint density at radius 3 is 2.00 bits per heavy atom. The fourth-order valence-electron chi connectivity index (χ4n) is 1.21. The van der Waals surface area contributed by atoms with E-state index in [2.05, 4.69) is 0 Å². The van der Waals surface area contributed by atoms with E-state index >= 15 is 0 Å². The standard InChI is InChI=1S/C7H13NO.B/c1-7(9)8-5-3-2-4-6-8;/h2-6H2,1H3;. The van der Waals surface area contributed by atoms with Crippen LogP contribution in [0.4, 0.5) is 0 Å². The van der Waals surface area contributed by atoms with Gasteiger partial charge in [-0.25, -0.2) is 0 Å². The summed E-state index contributed by atoms with van der Waals surface area (Å²) in [7, 11) is 0. The number of carbonyl (C=O) groups excluding carboxylic acids is 1. The topological polar surface area (TPSA) is 20.3 Å². The number of rotatable bonds is 0. The minimum atomic E-state index is 0. The molecule has 3 radical (unpaired) electrons. The molecule has 3 heteroatoms. The van der Waals surface area contributed by atoms with Gasteiger partial charge in [-0.05, 0) is 19.3 Å². The van der Waals surface area contributed by atoms with Crippen molar-refractivity contribution in [1.29, 1.82) is 0 Å². The van der Waals surface area contributed by atoms with E-state index in [-0.39, 0.29) is 14.3 Å². The molecule has 0 bridgehead atoms. The first-order valence-corrected chi connectivity index (χ1v) is 3.56. The van der Waals surface area contributed by atoms with Crippen LogP contribution in [0.3, 0.4) is 0 Å². The minimum Gasteiger partial charge on any atom is -0.343 e. The van der Waals surface area contributed by atoms with E-state index in [0.29, 0.717) is 0 Å². The highest BCUT2D eigenvalue weighted by Crippen LogP contribution is 2.07. The third-order valence-electron chi connectivity index (χ3n) is 1.80. The lowest BCUT2D eigenvalue weighted by molar-refractivity contribution is -0.129. The van der Waals surface area contributed by atoms with Gasteiger partial charge < -0.3 is 4.90 Å². The molecule has 1 aliphatic rings. The highest BCUT2D eigenvalue weighted by molar-refractivity contribution is 5.75. The predicted octanol–water partition coefficient (Wildman–Crippen LogP) is 0.638. The summed E-state index contributed by atoms with van der Waals surface area (Å²) in [6.45, 7) is 3.61. The molecule has 0 N–H and O–H groups in total. The van der Waals surface area contributed by atoms with Crippen LogP contribution >= 0.6 is 0 Å². The highest BCUT2D eigenvalue weighted by Gasteiger charge is 2.10. The van der Waals surface area contributed by atoms with Gasteiger partial charge in [0.1, 0.15) is 0 Å². The van der Waals surface area contributed by atoms with E-state index in [1.165, 1.54) is 19.3 Å². The summed E-state index contributed by atoms with van der Waals surface area (Å²) in [6, 6.07) is 0. The van der Waals surface area contributed by atoms with Crippen molar-refractivity contribution in [2.45, 2.75) is 26.2 Å². The quantitative estimate of drug-likeness (QED) is 0.449. The minimum absolute atomic E-state index is 0. The zero-order chi connectivity index (χ0) is 6.69. The van der Waals surface area contributed by atoms with Gasteiger partial charge in [-0.1, -0.05) is 0 Å². The van der Waals surface area contributed by atoms with Crippen LogP contribution in [0.25, 0.3) is 0 Å². The number of nitrogens with zero attached hydrogens (tertiary/aromatic N) is 1. The summed E-state index contributed by atoms with van der Waals surface area (Å²) in [5.41, 5.74) is 0.